The van der Waals surface area contributed by atoms with Crippen LogP contribution in [0.15, 0.2) is 22.7 Å². The second-order valence-electron chi connectivity index (χ2n) is 4.74. The van der Waals surface area contributed by atoms with Gasteiger partial charge in [-0.2, -0.15) is 0 Å². The van der Waals surface area contributed by atoms with Gasteiger partial charge in [0.15, 0.2) is 0 Å². The van der Waals surface area contributed by atoms with Gasteiger partial charge in [-0.25, -0.2) is 4.39 Å². The number of rotatable bonds is 6. The van der Waals surface area contributed by atoms with Crippen molar-refractivity contribution in [2.75, 3.05) is 13.2 Å². The highest BCUT2D eigenvalue weighted by Crippen LogP contribution is 2.20. The first-order valence-electron chi connectivity index (χ1n) is 6.56. The van der Waals surface area contributed by atoms with E-state index in [2.05, 4.69) is 21.2 Å². The third-order valence-electron chi connectivity index (χ3n) is 3.21. The highest BCUT2D eigenvalue weighted by molar-refractivity contribution is 9.10. The molecule has 0 atom stereocenters. The minimum absolute atomic E-state index is 0.275. The zero-order valence-corrected chi connectivity index (χ0v) is 12.0. The summed E-state index contributed by atoms with van der Waals surface area (Å²) in [5.74, 6) is 0.311. The minimum Gasteiger partial charge on any atom is -0.493 e. The predicted molar refractivity (Wildman–Crippen MR) is 74.5 cm³/mol. The van der Waals surface area contributed by atoms with Crippen LogP contribution in [0.3, 0.4) is 0 Å². The molecule has 1 aliphatic rings. The van der Waals surface area contributed by atoms with E-state index in [0.29, 0.717) is 22.9 Å². The van der Waals surface area contributed by atoms with Gasteiger partial charge in [-0.3, -0.25) is 0 Å². The average molecular weight is 316 g/mol. The number of hydrogen-bond donors (Lipinski definition) is 1. The summed E-state index contributed by atoms with van der Waals surface area (Å²) in [4.78, 5) is 0. The van der Waals surface area contributed by atoms with Crippen LogP contribution in [0.5, 0.6) is 5.75 Å². The first-order valence-corrected chi connectivity index (χ1v) is 7.35. The summed E-state index contributed by atoms with van der Waals surface area (Å²) < 4.78 is 19.3. The Kier molecular flexibility index (Phi) is 5.45. The maximum atomic E-state index is 13.1. The van der Waals surface area contributed by atoms with Gasteiger partial charge in [-0.1, -0.05) is 28.8 Å². The Morgan fingerprint density at radius 3 is 2.78 bits per heavy atom. The van der Waals surface area contributed by atoms with E-state index >= 15 is 0 Å². The molecule has 0 aromatic heterocycles. The number of hydrogen-bond acceptors (Lipinski definition) is 2. The molecular formula is C14H19BrFNO. The van der Waals surface area contributed by atoms with Crippen LogP contribution in [-0.2, 0) is 0 Å². The Hall–Kier alpha value is -0.610. The fourth-order valence-electron chi connectivity index (χ4n) is 2.31. The largest absolute Gasteiger partial charge is 0.493 e. The normalized spacial score (nSPS) is 16.1. The van der Waals surface area contributed by atoms with Crippen molar-refractivity contribution in [3.8, 4) is 5.75 Å². The van der Waals surface area contributed by atoms with Gasteiger partial charge in [-0.15, -0.1) is 0 Å². The standard InChI is InChI=1S/C14H19BrFNO/c15-11-8-12(16)10-14(9-11)18-7-3-6-17-13-4-1-2-5-13/h8-10,13,17H,1-7H2. The van der Waals surface area contributed by atoms with Crippen LogP contribution < -0.4 is 10.1 Å². The smallest absolute Gasteiger partial charge is 0.128 e. The predicted octanol–water partition coefficient (Wildman–Crippen LogP) is 3.89. The lowest BCUT2D eigenvalue weighted by molar-refractivity contribution is 0.303. The molecule has 1 N–H and O–H groups in total. The summed E-state index contributed by atoms with van der Waals surface area (Å²) in [6, 6.07) is 5.32. The van der Waals surface area contributed by atoms with Gasteiger partial charge in [0.25, 0.3) is 0 Å². The van der Waals surface area contributed by atoms with Crippen molar-refractivity contribution in [2.45, 2.75) is 38.1 Å². The molecule has 4 heteroatoms. The summed E-state index contributed by atoms with van der Waals surface area (Å²) in [5, 5.41) is 3.53. The highest BCUT2D eigenvalue weighted by Gasteiger charge is 2.13. The summed E-state index contributed by atoms with van der Waals surface area (Å²) in [6.45, 7) is 1.59. The van der Waals surface area contributed by atoms with Crippen molar-refractivity contribution < 1.29 is 9.13 Å². The van der Waals surface area contributed by atoms with Gasteiger partial charge in [-0.05, 0) is 37.9 Å². The van der Waals surface area contributed by atoms with E-state index in [1.165, 1.54) is 37.8 Å². The van der Waals surface area contributed by atoms with Crippen LogP contribution in [0.1, 0.15) is 32.1 Å². The summed E-state index contributed by atoms with van der Waals surface area (Å²) in [7, 11) is 0. The second kappa shape index (κ2) is 7.10. The van der Waals surface area contributed by atoms with Crippen molar-refractivity contribution in [1.82, 2.24) is 5.32 Å². The second-order valence-corrected chi connectivity index (χ2v) is 5.66. The molecule has 0 heterocycles. The molecule has 2 rings (SSSR count). The van der Waals surface area contributed by atoms with Gasteiger partial charge >= 0.3 is 0 Å². The zero-order valence-electron chi connectivity index (χ0n) is 10.4. The van der Waals surface area contributed by atoms with Gasteiger partial charge in [0.2, 0.25) is 0 Å². The van der Waals surface area contributed by atoms with Crippen molar-refractivity contribution in [2.24, 2.45) is 0 Å². The average Bonchev–Trinajstić information content (AvgIpc) is 2.80. The van der Waals surface area contributed by atoms with E-state index in [-0.39, 0.29) is 5.82 Å². The number of halogens is 2. The van der Waals surface area contributed by atoms with Crippen LogP contribution in [0, 0.1) is 5.82 Å². The van der Waals surface area contributed by atoms with E-state index in [9.17, 15) is 4.39 Å². The zero-order chi connectivity index (χ0) is 12.8. The fraction of sp³-hybridized carbons (Fsp3) is 0.571. The van der Waals surface area contributed by atoms with E-state index in [4.69, 9.17) is 4.74 Å². The van der Waals surface area contributed by atoms with Crippen LogP contribution in [0.25, 0.3) is 0 Å². The van der Waals surface area contributed by atoms with Crippen LogP contribution >= 0.6 is 15.9 Å². The van der Waals surface area contributed by atoms with Gasteiger partial charge in [0.1, 0.15) is 11.6 Å². The van der Waals surface area contributed by atoms with Gasteiger partial charge < -0.3 is 10.1 Å². The molecule has 1 aliphatic carbocycles. The highest BCUT2D eigenvalue weighted by atomic mass is 79.9. The molecular weight excluding hydrogens is 297 g/mol. The third-order valence-corrected chi connectivity index (χ3v) is 3.67. The molecule has 18 heavy (non-hydrogen) atoms. The maximum Gasteiger partial charge on any atom is 0.128 e. The minimum atomic E-state index is -0.275. The molecule has 2 nitrogen and oxygen atoms in total. The van der Waals surface area contributed by atoms with Crippen molar-refractivity contribution >= 4 is 15.9 Å². The van der Waals surface area contributed by atoms with E-state index in [0.717, 1.165) is 13.0 Å². The summed E-state index contributed by atoms with van der Waals surface area (Å²) in [5.41, 5.74) is 0. The Balaban J connectivity index is 1.62. The van der Waals surface area contributed by atoms with Crippen molar-refractivity contribution in [3.05, 3.63) is 28.5 Å². The molecule has 1 aromatic rings. The van der Waals surface area contributed by atoms with Crippen LogP contribution in [0.4, 0.5) is 4.39 Å². The molecule has 1 saturated carbocycles. The van der Waals surface area contributed by atoms with Crippen LogP contribution in [-0.4, -0.2) is 19.2 Å². The molecule has 0 saturated heterocycles. The first kappa shape index (κ1) is 13.8. The monoisotopic (exact) mass is 315 g/mol. The van der Waals surface area contributed by atoms with Gasteiger partial charge in [0.05, 0.1) is 6.61 Å². The number of benzene rings is 1. The SMILES string of the molecule is Fc1cc(Br)cc(OCCCNC2CCCC2)c1. The van der Waals surface area contributed by atoms with Gasteiger partial charge in [0, 0.05) is 16.6 Å². The molecule has 1 aromatic carbocycles. The molecule has 100 valence electrons. The Morgan fingerprint density at radius 1 is 1.28 bits per heavy atom. The molecule has 0 aliphatic heterocycles. The van der Waals surface area contributed by atoms with Crippen molar-refractivity contribution in [3.63, 3.8) is 0 Å². The molecule has 0 radical (unpaired) electrons. The lowest BCUT2D eigenvalue weighted by Gasteiger charge is -2.12. The first-order chi connectivity index (χ1) is 8.74. The third kappa shape index (κ3) is 4.58. The molecule has 0 spiro atoms. The molecule has 0 amide bonds. The number of nitrogens with one attached hydrogen (secondary N) is 1. The lowest BCUT2D eigenvalue weighted by atomic mass is 10.2. The maximum absolute atomic E-state index is 13.1. The van der Waals surface area contributed by atoms with E-state index in [1.807, 2.05) is 0 Å². The topological polar surface area (TPSA) is 21.3 Å². The van der Waals surface area contributed by atoms with E-state index < -0.39 is 0 Å². The van der Waals surface area contributed by atoms with E-state index in [1.54, 1.807) is 6.07 Å². The Labute approximate surface area is 116 Å². The summed E-state index contributed by atoms with van der Waals surface area (Å²) >= 11 is 3.25. The van der Waals surface area contributed by atoms with Crippen LogP contribution in [0.2, 0.25) is 0 Å². The Morgan fingerprint density at radius 2 is 2.06 bits per heavy atom. The lowest BCUT2D eigenvalue weighted by Crippen LogP contribution is -2.27. The number of ether oxygens (including phenoxy) is 1. The quantitative estimate of drug-likeness (QED) is 0.804. The molecule has 0 bridgehead atoms. The summed E-state index contributed by atoms with van der Waals surface area (Å²) in [6.07, 6.45) is 6.26. The molecule has 0 unspecified atom stereocenters. The molecule has 1 fully saturated rings. The van der Waals surface area contributed by atoms with Crippen molar-refractivity contribution in [1.29, 1.82) is 0 Å². The fourth-order valence-corrected chi connectivity index (χ4v) is 2.75. The Bertz CT molecular complexity index is 360.